The van der Waals surface area contributed by atoms with E-state index in [0.29, 0.717) is 11.4 Å². The summed E-state index contributed by atoms with van der Waals surface area (Å²) in [6.45, 7) is 9.10. The first kappa shape index (κ1) is 24.7. The number of carbonyl (C=O) groups is 3. The second-order valence-corrected chi connectivity index (χ2v) is 8.44. The molecule has 0 fully saturated rings. The lowest BCUT2D eigenvalue weighted by atomic mass is 10.1. The second kappa shape index (κ2) is 11.2. The minimum absolute atomic E-state index is 0.110. The average Bonchev–Trinajstić information content (AvgIpc) is 2.69. The number of anilines is 1. The molecule has 0 aliphatic heterocycles. The highest BCUT2D eigenvalue weighted by molar-refractivity contribution is 5.92. The van der Waals surface area contributed by atoms with E-state index >= 15 is 0 Å². The van der Waals surface area contributed by atoms with Gasteiger partial charge < -0.3 is 25.4 Å². The topological polar surface area (TPSA) is 106 Å². The first-order chi connectivity index (χ1) is 15.0. The quantitative estimate of drug-likeness (QED) is 0.582. The number of alkyl carbamates (subject to hydrolysis) is 1. The Bertz CT molecular complexity index is 966. The highest BCUT2D eigenvalue weighted by atomic mass is 16.6. The number of carbonyl (C=O) groups excluding carboxylic acids is 3. The van der Waals surface area contributed by atoms with Gasteiger partial charge >= 0.3 is 6.09 Å². The van der Waals surface area contributed by atoms with Crippen molar-refractivity contribution in [3.05, 3.63) is 59.2 Å². The fourth-order valence-electron chi connectivity index (χ4n) is 2.79. The van der Waals surface area contributed by atoms with Crippen LogP contribution >= 0.6 is 0 Å². The van der Waals surface area contributed by atoms with E-state index in [4.69, 9.17) is 9.47 Å². The zero-order valence-electron chi connectivity index (χ0n) is 19.2. The van der Waals surface area contributed by atoms with Crippen LogP contribution in [0, 0.1) is 13.8 Å². The van der Waals surface area contributed by atoms with Crippen LogP contribution in [-0.2, 0) is 20.9 Å². The molecule has 2 rings (SSSR count). The Hall–Kier alpha value is -3.55. The summed E-state index contributed by atoms with van der Waals surface area (Å²) in [7, 11) is 0. The van der Waals surface area contributed by atoms with Gasteiger partial charge in [0, 0.05) is 12.2 Å². The Morgan fingerprint density at radius 2 is 1.69 bits per heavy atom. The van der Waals surface area contributed by atoms with Crippen molar-refractivity contribution in [2.24, 2.45) is 0 Å². The summed E-state index contributed by atoms with van der Waals surface area (Å²) in [5, 5.41) is 7.89. The van der Waals surface area contributed by atoms with Crippen molar-refractivity contribution in [2.45, 2.75) is 46.8 Å². The van der Waals surface area contributed by atoms with Gasteiger partial charge in [-0.3, -0.25) is 9.59 Å². The Balaban J connectivity index is 1.78. The highest BCUT2D eigenvalue weighted by Gasteiger charge is 2.16. The molecule has 0 aliphatic carbocycles. The Labute approximate surface area is 188 Å². The van der Waals surface area contributed by atoms with Crippen LogP contribution in [0.25, 0.3) is 0 Å². The van der Waals surface area contributed by atoms with Gasteiger partial charge in [-0.15, -0.1) is 0 Å². The third kappa shape index (κ3) is 9.07. The lowest BCUT2D eigenvalue weighted by Crippen LogP contribution is -2.39. The van der Waals surface area contributed by atoms with Crippen LogP contribution in [0.15, 0.2) is 42.5 Å². The van der Waals surface area contributed by atoms with Gasteiger partial charge in [0.05, 0.1) is 0 Å². The van der Waals surface area contributed by atoms with Crippen molar-refractivity contribution in [1.29, 1.82) is 0 Å². The van der Waals surface area contributed by atoms with E-state index < -0.39 is 11.7 Å². The number of hydrogen-bond acceptors (Lipinski definition) is 5. The van der Waals surface area contributed by atoms with E-state index in [-0.39, 0.29) is 31.5 Å². The van der Waals surface area contributed by atoms with Crippen molar-refractivity contribution in [3.63, 3.8) is 0 Å². The second-order valence-electron chi connectivity index (χ2n) is 8.44. The maximum atomic E-state index is 12.2. The molecule has 2 aromatic rings. The molecule has 0 saturated carbocycles. The highest BCUT2D eigenvalue weighted by Crippen LogP contribution is 2.18. The van der Waals surface area contributed by atoms with Gasteiger partial charge in [-0.05, 0) is 63.9 Å². The zero-order chi connectivity index (χ0) is 23.7. The Morgan fingerprint density at radius 1 is 0.938 bits per heavy atom. The first-order valence-electron chi connectivity index (χ1n) is 10.3. The van der Waals surface area contributed by atoms with E-state index in [1.54, 1.807) is 39.0 Å². The predicted molar refractivity (Wildman–Crippen MR) is 123 cm³/mol. The molecular formula is C24H31N3O5. The predicted octanol–water partition coefficient (Wildman–Crippen LogP) is 3.46. The minimum Gasteiger partial charge on any atom is -0.483 e. The molecule has 0 radical (unpaired) electrons. The summed E-state index contributed by atoms with van der Waals surface area (Å²) in [5.74, 6) is 0.0297. The molecule has 3 amide bonds. The van der Waals surface area contributed by atoms with Crippen molar-refractivity contribution in [2.75, 3.05) is 18.5 Å². The normalized spacial score (nSPS) is 10.8. The van der Waals surface area contributed by atoms with E-state index in [2.05, 4.69) is 16.0 Å². The third-order valence-electron chi connectivity index (χ3n) is 4.18. The fraction of sp³-hybridized carbons (Fsp3) is 0.375. The van der Waals surface area contributed by atoms with Gasteiger partial charge in [-0.25, -0.2) is 4.79 Å². The average molecular weight is 442 g/mol. The molecule has 0 bridgehead atoms. The number of aryl methyl sites for hydroxylation is 2. The molecule has 0 aromatic heterocycles. The summed E-state index contributed by atoms with van der Waals surface area (Å²) in [6.07, 6.45) is -0.652. The molecule has 32 heavy (non-hydrogen) atoms. The van der Waals surface area contributed by atoms with Crippen LogP contribution in [0.1, 0.15) is 37.5 Å². The molecule has 0 aliphatic rings. The molecule has 0 unspecified atom stereocenters. The van der Waals surface area contributed by atoms with Crippen LogP contribution in [0.4, 0.5) is 10.5 Å². The molecule has 2 aromatic carbocycles. The Morgan fingerprint density at radius 3 is 2.38 bits per heavy atom. The van der Waals surface area contributed by atoms with E-state index in [0.717, 1.165) is 16.7 Å². The summed E-state index contributed by atoms with van der Waals surface area (Å²) in [4.78, 5) is 35.8. The molecule has 8 nitrogen and oxygen atoms in total. The van der Waals surface area contributed by atoms with Gasteiger partial charge in [0.1, 0.15) is 17.9 Å². The van der Waals surface area contributed by atoms with Crippen molar-refractivity contribution in [1.82, 2.24) is 10.6 Å². The number of ether oxygens (including phenoxy) is 2. The van der Waals surface area contributed by atoms with E-state index in [1.807, 2.05) is 38.1 Å². The Kier molecular flexibility index (Phi) is 8.63. The van der Waals surface area contributed by atoms with Crippen LogP contribution in [0.3, 0.4) is 0 Å². The fourth-order valence-corrected chi connectivity index (χ4v) is 2.79. The van der Waals surface area contributed by atoms with Crippen LogP contribution in [-0.4, -0.2) is 36.7 Å². The minimum atomic E-state index is -0.652. The molecular weight excluding hydrogens is 410 g/mol. The summed E-state index contributed by atoms with van der Waals surface area (Å²) in [5.41, 5.74) is 2.86. The van der Waals surface area contributed by atoms with Crippen molar-refractivity contribution >= 4 is 23.6 Å². The first-order valence-corrected chi connectivity index (χ1v) is 10.3. The number of amides is 3. The third-order valence-corrected chi connectivity index (χ3v) is 4.18. The van der Waals surface area contributed by atoms with Gasteiger partial charge in [0.25, 0.3) is 5.91 Å². The van der Waals surface area contributed by atoms with Crippen LogP contribution in [0.2, 0.25) is 0 Å². The van der Waals surface area contributed by atoms with Crippen LogP contribution in [0.5, 0.6) is 5.75 Å². The molecule has 0 saturated heterocycles. The lowest BCUT2D eigenvalue weighted by Gasteiger charge is -2.19. The molecule has 0 atom stereocenters. The van der Waals surface area contributed by atoms with Gasteiger partial charge in [-0.1, -0.05) is 29.8 Å². The monoisotopic (exact) mass is 441 g/mol. The number of benzene rings is 2. The lowest BCUT2D eigenvalue weighted by molar-refractivity contribution is -0.120. The van der Waals surface area contributed by atoms with Crippen LogP contribution < -0.4 is 20.7 Å². The largest absolute Gasteiger partial charge is 0.483 e. The molecule has 0 spiro atoms. The number of nitrogens with one attached hydrogen (secondary N) is 3. The summed E-state index contributed by atoms with van der Waals surface area (Å²) in [6, 6.07) is 12.9. The van der Waals surface area contributed by atoms with Gasteiger partial charge in [0.15, 0.2) is 6.61 Å². The molecule has 3 N–H and O–H groups in total. The molecule has 0 heterocycles. The molecule has 172 valence electrons. The standard InChI is InChI=1S/C24H31N3O5/c1-16-9-10-20(17(2)11-16)31-15-22(29)27-19-8-6-7-18(12-19)13-25-21(28)14-26-23(30)32-24(3,4)5/h6-12H,13-15H2,1-5H3,(H,25,28)(H,26,30)(H,27,29). The summed E-state index contributed by atoms with van der Waals surface area (Å²) >= 11 is 0. The number of rotatable bonds is 8. The van der Waals surface area contributed by atoms with Gasteiger partial charge in [-0.2, -0.15) is 0 Å². The van der Waals surface area contributed by atoms with E-state index in [1.165, 1.54) is 0 Å². The SMILES string of the molecule is Cc1ccc(OCC(=O)Nc2cccc(CNC(=O)CNC(=O)OC(C)(C)C)c2)c(C)c1. The maximum Gasteiger partial charge on any atom is 0.408 e. The number of hydrogen-bond donors (Lipinski definition) is 3. The maximum absolute atomic E-state index is 12.2. The van der Waals surface area contributed by atoms with E-state index in [9.17, 15) is 14.4 Å². The zero-order valence-corrected chi connectivity index (χ0v) is 19.2. The summed E-state index contributed by atoms with van der Waals surface area (Å²) < 4.78 is 10.7. The molecule has 8 heteroatoms. The smallest absolute Gasteiger partial charge is 0.408 e. The van der Waals surface area contributed by atoms with Gasteiger partial charge in [0.2, 0.25) is 5.91 Å². The van der Waals surface area contributed by atoms with Crippen molar-refractivity contribution in [3.8, 4) is 5.75 Å². The van der Waals surface area contributed by atoms with Crippen molar-refractivity contribution < 1.29 is 23.9 Å².